The van der Waals surface area contributed by atoms with Gasteiger partial charge in [0.2, 0.25) is 5.76 Å². The van der Waals surface area contributed by atoms with Crippen molar-refractivity contribution in [1.29, 1.82) is 0 Å². The molecule has 0 N–H and O–H groups in total. The maximum Gasteiger partial charge on any atom is 0.290 e. The van der Waals surface area contributed by atoms with Crippen LogP contribution in [0.4, 0.5) is 4.39 Å². The number of hydrogen-bond donors (Lipinski definition) is 0. The Morgan fingerprint density at radius 3 is 2.48 bits per heavy atom. The largest absolute Gasteiger partial charge is 0.450 e. The fraction of sp³-hybridized carbons (Fsp3) is 0.200. The number of carbonyl (C=O) groups excluding carboxylic acids is 1. The molecule has 0 bridgehead atoms. The number of aryl methyl sites for hydroxylation is 2. The van der Waals surface area contributed by atoms with Gasteiger partial charge in [0.1, 0.15) is 11.4 Å². The molecule has 1 aliphatic rings. The summed E-state index contributed by atoms with van der Waals surface area (Å²) in [6, 6.07) is 8.90. The summed E-state index contributed by atoms with van der Waals surface area (Å²) >= 11 is 0. The van der Waals surface area contributed by atoms with Crippen LogP contribution in [0.1, 0.15) is 38.9 Å². The molecule has 1 aliphatic heterocycles. The van der Waals surface area contributed by atoms with Gasteiger partial charge in [-0.3, -0.25) is 9.59 Å². The van der Waals surface area contributed by atoms with E-state index in [1.54, 1.807) is 37.4 Å². The van der Waals surface area contributed by atoms with Crippen molar-refractivity contribution < 1.29 is 13.6 Å². The van der Waals surface area contributed by atoms with Crippen molar-refractivity contribution in [2.24, 2.45) is 0 Å². The van der Waals surface area contributed by atoms with Crippen LogP contribution in [0.2, 0.25) is 0 Å². The number of rotatable bonds is 1. The lowest BCUT2D eigenvalue weighted by molar-refractivity contribution is 0.0770. The molecule has 0 radical (unpaired) electrons. The van der Waals surface area contributed by atoms with Crippen molar-refractivity contribution in [3.8, 4) is 0 Å². The van der Waals surface area contributed by atoms with E-state index in [4.69, 9.17) is 4.42 Å². The molecule has 2 aromatic carbocycles. The molecule has 0 saturated heterocycles. The molecule has 3 aromatic rings. The molecule has 1 aromatic heterocycles. The van der Waals surface area contributed by atoms with Crippen LogP contribution in [0.25, 0.3) is 11.0 Å². The van der Waals surface area contributed by atoms with Crippen LogP contribution in [0, 0.1) is 19.7 Å². The maximum absolute atomic E-state index is 14.3. The van der Waals surface area contributed by atoms with Crippen LogP contribution in [-0.2, 0) is 0 Å². The van der Waals surface area contributed by atoms with Gasteiger partial charge in [0.25, 0.3) is 5.91 Å². The summed E-state index contributed by atoms with van der Waals surface area (Å²) in [5.74, 6) is -0.878. The first-order valence-corrected chi connectivity index (χ1v) is 7.99. The van der Waals surface area contributed by atoms with E-state index >= 15 is 0 Å². The summed E-state index contributed by atoms with van der Waals surface area (Å²) in [6.07, 6.45) is 0. The van der Waals surface area contributed by atoms with Crippen LogP contribution < -0.4 is 5.43 Å². The first kappa shape index (κ1) is 15.6. The highest BCUT2D eigenvalue weighted by Crippen LogP contribution is 2.38. The first-order chi connectivity index (χ1) is 11.9. The van der Waals surface area contributed by atoms with Gasteiger partial charge in [0.15, 0.2) is 5.43 Å². The number of benzene rings is 2. The van der Waals surface area contributed by atoms with E-state index < -0.39 is 17.8 Å². The molecule has 25 heavy (non-hydrogen) atoms. The molecule has 4 rings (SSSR count). The zero-order chi connectivity index (χ0) is 17.9. The van der Waals surface area contributed by atoms with E-state index in [0.29, 0.717) is 11.0 Å². The van der Waals surface area contributed by atoms with Crippen LogP contribution in [0.5, 0.6) is 0 Å². The van der Waals surface area contributed by atoms with Gasteiger partial charge in [0.05, 0.1) is 17.0 Å². The molecule has 0 aliphatic carbocycles. The molecule has 4 nitrogen and oxygen atoms in total. The molecule has 2 heterocycles. The number of fused-ring (bicyclic) bond motifs is 2. The Morgan fingerprint density at radius 2 is 1.76 bits per heavy atom. The molecular formula is C20H16FNO3. The molecular weight excluding hydrogens is 321 g/mol. The minimum absolute atomic E-state index is 0.00324. The quantitative estimate of drug-likeness (QED) is 0.680. The predicted octanol–water partition coefficient (Wildman–Crippen LogP) is 3.72. The minimum Gasteiger partial charge on any atom is -0.450 e. The van der Waals surface area contributed by atoms with Crippen LogP contribution >= 0.6 is 0 Å². The molecule has 0 unspecified atom stereocenters. The van der Waals surface area contributed by atoms with E-state index in [1.807, 2.05) is 13.8 Å². The van der Waals surface area contributed by atoms with Gasteiger partial charge in [-0.25, -0.2) is 4.39 Å². The summed E-state index contributed by atoms with van der Waals surface area (Å²) in [5.41, 5.74) is 2.51. The summed E-state index contributed by atoms with van der Waals surface area (Å²) < 4.78 is 20.1. The van der Waals surface area contributed by atoms with Gasteiger partial charge in [0, 0.05) is 12.6 Å². The van der Waals surface area contributed by atoms with Gasteiger partial charge in [-0.05, 0) is 43.2 Å². The average Bonchev–Trinajstić information content (AvgIpc) is 2.83. The first-order valence-electron chi connectivity index (χ1n) is 7.99. The predicted molar refractivity (Wildman–Crippen MR) is 92.3 cm³/mol. The van der Waals surface area contributed by atoms with Gasteiger partial charge in [-0.15, -0.1) is 0 Å². The van der Waals surface area contributed by atoms with Gasteiger partial charge in [-0.2, -0.15) is 0 Å². The number of halogens is 1. The van der Waals surface area contributed by atoms with Gasteiger partial charge in [-0.1, -0.05) is 18.2 Å². The summed E-state index contributed by atoms with van der Waals surface area (Å²) in [6.45, 7) is 3.82. The standard InChI is InChI=1S/C20H16FNO3/c1-10-8-13-15(9-11(10)2)25-19-16(18(13)23)17(22(3)20(19)24)12-6-4-5-7-14(12)21/h4-9,17H,1-3H3/t17-/m1/s1. The fourth-order valence-electron chi connectivity index (χ4n) is 3.40. The van der Waals surface area contributed by atoms with Crippen molar-refractivity contribution in [3.63, 3.8) is 0 Å². The molecule has 1 atom stereocenters. The van der Waals surface area contributed by atoms with E-state index in [-0.39, 0.29) is 22.3 Å². The van der Waals surface area contributed by atoms with Gasteiger partial charge >= 0.3 is 0 Å². The Balaban J connectivity index is 2.08. The molecule has 126 valence electrons. The Morgan fingerprint density at radius 1 is 1.08 bits per heavy atom. The third-order valence-electron chi connectivity index (χ3n) is 4.92. The van der Waals surface area contributed by atoms with Crippen molar-refractivity contribution in [2.45, 2.75) is 19.9 Å². The monoisotopic (exact) mass is 337 g/mol. The van der Waals surface area contributed by atoms with Crippen molar-refractivity contribution in [1.82, 2.24) is 4.90 Å². The van der Waals surface area contributed by atoms with Crippen LogP contribution in [-0.4, -0.2) is 17.9 Å². The second-order valence-electron chi connectivity index (χ2n) is 6.45. The number of carbonyl (C=O) groups is 1. The Hall–Kier alpha value is -2.95. The Labute approximate surface area is 143 Å². The lowest BCUT2D eigenvalue weighted by atomic mass is 9.97. The van der Waals surface area contributed by atoms with E-state index in [0.717, 1.165) is 11.1 Å². The second-order valence-corrected chi connectivity index (χ2v) is 6.45. The lowest BCUT2D eigenvalue weighted by Gasteiger charge is -2.20. The summed E-state index contributed by atoms with van der Waals surface area (Å²) in [5, 5.41) is 0.409. The third kappa shape index (κ3) is 2.12. The fourth-order valence-corrected chi connectivity index (χ4v) is 3.40. The van der Waals surface area contributed by atoms with Gasteiger partial charge < -0.3 is 9.32 Å². The maximum atomic E-state index is 14.3. The average molecular weight is 337 g/mol. The minimum atomic E-state index is -0.786. The topological polar surface area (TPSA) is 50.5 Å². The second kappa shape index (κ2) is 5.28. The molecule has 5 heteroatoms. The number of nitrogens with zero attached hydrogens (tertiary/aromatic N) is 1. The van der Waals surface area contributed by atoms with Crippen LogP contribution in [0.3, 0.4) is 0 Å². The van der Waals surface area contributed by atoms with E-state index in [9.17, 15) is 14.0 Å². The van der Waals surface area contributed by atoms with Crippen molar-refractivity contribution in [3.05, 3.63) is 80.5 Å². The van der Waals surface area contributed by atoms with E-state index in [2.05, 4.69) is 0 Å². The summed E-state index contributed by atoms with van der Waals surface area (Å²) in [4.78, 5) is 27.1. The Bertz CT molecular complexity index is 1100. The highest BCUT2D eigenvalue weighted by molar-refractivity contribution is 5.99. The number of amides is 1. The summed E-state index contributed by atoms with van der Waals surface area (Å²) in [7, 11) is 1.55. The van der Waals surface area contributed by atoms with Crippen molar-refractivity contribution in [2.75, 3.05) is 7.05 Å². The molecule has 0 saturated carbocycles. The normalized spacial score (nSPS) is 16.6. The highest BCUT2D eigenvalue weighted by atomic mass is 19.1. The zero-order valence-electron chi connectivity index (χ0n) is 14.1. The molecule has 0 spiro atoms. The van der Waals surface area contributed by atoms with Crippen molar-refractivity contribution >= 4 is 16.9 Å². The van der Waals surface area contributed by atoms with Crippen LogP contribution in [0.15, 0.2) is 45.6 Å². The molecule has 1 amide bonds. The SMILES string of the molecule is Cc1cc2oc3c(c(=O)c2cc1C)[C@@H](c1ccccc1F)N(C)C3=O. The Kier molecular flexibility index (Phi) is 3.29. The highest BCUT2D eigenvalue weighted by Gasteiger charge is 2.41. The third-order valence-corrected chi connectivity index (χ3v) is 4.92. The zero-order valence-corrected chi connectivity index (χ0v) is 14.1. The lowest BCUT2D eigenvalue weighted by Crippen LogP contribution is -2.25. The van der Waals surface area contributed by atoms with E-state index in [1.165, 1.54) is 11.0 Å². The molecule has 0 fully saturated rings. The smallest absolute Gasteiger partial charge is 0.290 e. The number of hydrogen-bond acceptors (Lipinski definition) is 3.